The third-order valence-corrected chi connectivity index (χ3v) is 3.13. The average molecular weight is 369 g/mol. The number of nitro groups is 1. The number of methoxy groups -OCH3 is 1. The van der Waals surface area contributed by atoms with Crippen molar-refractivity contribution in [3.8, 4) is 5.75 Å². The molecule has 0 aliphatic heterocycles. The Hall–Kier alpha value is -2.75. The van der Waals surface area contributed by atoms with Gasteiger partial charge < -0.3 is 20.1 Å². The molecule has 2 N–H and O–H groups in total. The molecule has 1 rings (SSSR count). The molecule has 0 aromatic heterocycles. The summed E-state index contributed by atoms with van der Waals surface area (Å²) in [5.41, 5.74) is -0.141. The monoisotopic (exact) mass is 369 g/mol. The van der Waals surface area contributed by atoms with E-state index in [0.29, 0.717) is 18.8 Å². The van der Waals surface area contributed by atoms with Gasteiger partial charge in [0.05, 0.1) is 31.1 Å². The predicted molar refractivity (Wildman–Crippen MR) is 94.5 cm³/mol. The first-order valence-electron chi connectivity index (χ1n) is 7.46. The number of carbonyl (C=O) groups excluding carboxylic acids is 2. The molecule has 0 radical (unpaired) electrons. The van der Waals surface area contributed by atoms with Gasteiger partial charge in [0.15, 0.2) is 5.11 Å². The summed E-state index contributed by atoms with van der Waals surface area (Å²) in [5, 5.41) is 15.9. The molecule has 0 unspecified atom stereocenters. The van der Waals surface area contributed by atoms with Gasteiger partial charge in [-0.2, -0.15) is 0 Å². The standard InChI is InChI=1S/C15H19N3O6S/c1-3-8-24-14(20)7-6-13(19)17-15(25)16-11-5-4-10(23-2)9-12(11)18(21)22/h4-5,9H,3,6-8H2,1-2H3,(H2,16,17,19,25). The first-order chi connectivity index (χ1) is 11.9. The molecule has 10 heteroatoms. The van der Waals surface area contributed by atoms with Crippen molar-refractivity contribution in [2.45, 2.75) is 26.2 Å². The molecule has 25 heavy (non-hydrogen) atoms. The highest BCUT2D eigenvalue weighted by molar-refractivity contribution is 7.80. The van der Waals surface area contributed by atoms with Gasteiger partial charge in [0.1, 0.15) is 11.4 Å². The number of nitro benzene ring substituents is 1. The van der Waals surface area contributed by atoms with Crippen molar-refractivity contribution in [2.75, 3.05) is 19.0 Å². The second-order valence-electron chi connectivity index (χ2n) is 4.86. The second-order valence-corrected chi connectivity index (χ2v) is 5.27. The maximum Gasteiger partial charge on any atom is 0.306 e. The molecule has 1 aromatic rings. The minimum Gasteiger partial charge on any atom is -0.496 e. The molecule has 0 fully saturated rings. The highest BCUT2D eigenvalue weighted by Crippen LogP contribution is 2.28. The molecular formula is C15H19N3O6S. The number of thiocarbonyl (C=S) groups is 1. The fourth-order valence-electron chi connectivity index (χ4n) is 1.74. The minimum absolute atomic E-state index is 0.0723. The molecule has 0 heterocycles. The highest BCUT2D eigenvalue weighted by Gasteiger charge is 2.17. The Morgan fingerprint density at radius 2 is 2.04 bits per heavy atom. The van der Waals surface area contributed by atoms with E-state index in [1.54, 1.807) is 0 Å². The van der Waals surface area contributed by atoms with Crippen LogP contribution in [-0.4, -0.2) is 35.6 Å². The smallest absolute Gasteiger partial charge is 0.306 e. The van der Waals surface area contributed by atoms with Crippen molar-refractivity contribution in [1.29, 1.82) is 0 Å². The normalized spacial score (nSPS) is 9.84. The van der Waals surface area contributed by atoms with Crippen LogP contribution >= 0.6 is 12.2 Å². The number of benzene rings is 1. The van der Waals surface area contributed by atoms with Crippen LogP contribution in [0.15, 0.2) is 18.2 Å². The number of carbonyl (C=O) groups is 2. The number of ether oxygens (including phenoxy) is 2. The molecule has 0 bridgehead atoms. The zero-order chi connectivity index (χ0) is 18.8. The van der Waals surface area contributed by atoms with Gasteiger partial charge in [0, 0.05) is 6.42 Å². The van der Waals surface area contributed by atoms with Gasteiger partial charge in [-0.05, 0) is 30.8 Å². The van der Waals surface area contributed by atoms with Crippen molar-refractivity contribution in [2.24, 2.45) is 0 Å². The van der Waals surface area contributed by atoms with Crippen LogP contribution in [0.5, 0.6) is 5.75 Å². The lowest BCUT2D eigenvalue weighted by Crippen LogP contribution is -2.34. The van der Waals surface area contributed by atoms with E-state index >= 15 is 0 Å². The van der Waals surface area contributed by atoms with E-state index in [1.807, 2.05) is 6.92 Å². The zero-order valence-electron chi connectivity index (χ0n) is 13.9. The van der Waals surface area contributed by atoms with E-state index in [0.717, 1.165) is 0 Å². The van der Waals surface area contributed by atoms with E-state index in [9.17, 15) is 19.7 Å². The molecule has 0 aliphatic rings. The van der Waals surface area contributed by atoms with Crippen LogP contribution in [0, 0.1) is 10.1 Å². The second kappa shape index (κ2) is 10.2. The number of esters is 1. The van der Waals surface area contributed by atoms with E-state index < -0.39 is 16.8 Å². The number of nitrogens with one attached hydrogen (secondary N) is 2. The topological polar surface area (TPSA) is 120 Å². The highest BCUT2D eigenvalue weighted by atomic mass is 32.1. The molecule has 1 aromatic carbocycles. The number of amides is 1. The van der Waals surface area contributed by atoms with Gasteiger partial charge in [0.2, 0.25) is 5.91 Å². The van der Waals surface area contributed by atoms with Gasteiger partial charge in [-0.15, -0.1) is 0 Å². The van der Waals surface area contributed by atoms with Crippen LogP contribution in [0.1, 0.15) is 26.2 Å². The molecular weight excluding hydrogens is 350 g/mol. The SMILES string of the molecule is CCCOC(=O)CCC(=O)NC(=S)Nc1ccc(OC)cc1[N+](=O)[O-]. The molecule has 0 atom stereocenters. The number of rotatable bonds is 8. The Kier molecular flexibility index (Phi) is 8.27. The average Bonchev–Trinajstić information content (AvgIpc) is 2.58. The van der Waals surface area contributed by atoms with E-state index in [-0.39, 0.29) is 29.3 Å². The fraction of sp³-hybridized carbons (Fsp3) is 0.400. The zero-order valence-corrected chi connectivity index (χ0v) is 14.7. The Morgan fingerprint density at radius 1 is 1.32 bits per heavy atom. The number of hydrogen-bond donors (Lipinski definition) is 2. The van der Waals surface area contributed by atoms with Crippen molar-refractivity contribution >= 4 is 40.6 Å². The molecule has 9 nitrogen and oxygen atoms in total. The molecule has 0 spiro atoms. The van der Waals surface area contributed by atoms with Gasteiger partial charge >= 0.3 is 5.97 Å². The molecule has 136 valence electrons. The van der Waals surface area contributed by atoms with Crippen molar-refractivity contribution in [3.05, 3.63) is 28.3 Å². The van der Waals surface area contributed by atoms with Gasteiger partial charge in [-0.1, -0.05) is 6.92 Å². The summed E-state index contributed by atoms with van der Waals surface area (Å²) in [6.07, 6.45) is 0.527. The summed E-state index contributed by atoms with van der Waals surface area (Å²) >= 11 is 4.96. The summed E-state index contributed by atoms with van der Waals surface area (Å²) in [7, 11) is 1.39. The lowest BCUT2D eigenvalue weighted by atomic mass is 10.2. The molecule has 0 saturated carbocycles. The van der Waals surface area contributed by atoms with E-state index in [2.05, 4.69) is 10.6 Å². The van der Waals surface area contributed by atoms with Crippen LogP contribution in [0.25, 0.3) is 0 Å². The number of anilines is 1. The number of hydrogen-bond acceptors (Lipinski definition) is 7. The summed E-state index contributed by atoms with van der Waals surface area (Å²) < 4.78 is 9.79. The Bertz CT molecular complexity index is 665. The summed E-state index contributed by atoms with van der Waals surface area (Å²) in [6, 6.07) is 4.16. The Morgan fingerprint density at radius 3 is 2.64 bits per heavy atom. The van der Waals surface area contributed by atoms with Crippen LogP contribution in [0.4, 0.5) is 11.4 Å². The first-order valence-corrected chi connectivity index (χ1v) is 7.87. The summed E-state index contributed by atoms with van der Waals surface area (Å²) in [4.78, 5) is 33.6. The number of nitrogens with zero attached hydrogens (tertiary/aromatic N) is 1. The lowest BCUT2D eigenvalue weighted by Gasteiger charge is -2.10. The van der Waals surface area contributed by atoms with Crippen LogP contribution in [0.2, 0.25) is 0 Å². The summed E-state index contributed by atoms with van der Waals surface area (Å²) in [5.74, 6) is -0.651. The van der Waals surface area contributed by atoms with Gasteiger partial charge in [0.25, 0.3) is 5.69 Å². The Balaban J connectivity index is 2.58. The molecule has 0 aliphatic carbocycles. The van der Waals surface area contributed by atoms with Crippen LogP contribution in [-0.2, 0) is 14.3 Å². The van der Waals surface area contributed by atoms with Crippen molar-refractivity contribution < 1.29 is 24.0 Å². The third kappa shape index (κ3) is 7.12. The van der Waals surface area contributed by atoms with Crippen molar-refractivity contribution in [1.82, 2.24) is 5.32 Å². The predicted octanol–water partition coefficient (Wildman–Crippen LogP) is 2.15. The minimum atomic E-state index is -0.598. The van der Waals surface area contributed by atoms with Gasteiger partial charge in [-0.25, -0.2) is 0 Å². The lowest BCUT2D eigenvalue weighted by molar-refractivity contribution is -0.384. The maximum atomic E-state index is 11.7. The largest absolute Gasteiger partial charge is 0.496 e. The summed E-state index contributed by atoms with van der Waals surface area (Å²) in [6.45, 7) is 2.17. The van der Waals surface area contributed by atoms with E-state index in [1.165, 1.54) is 25.3 Å². The van der Waals surface area contributed by atoms with Gasteiger partial charge in [-0.3, -0.25) is 19.7 Å². The van der Waals surface area contributed by atoms with Crippen LogP contribution in [0.3, 0.4) is 0 Å². The quantitative estimate of drug-likeness (QED) is 0.309. The maximum absolute atomic E-state index is 11.7. The Labute approximate surface area is 149 Å². The third-order valence-electron chi connectivity index (χ3n) is 2.93. The first kappa shape index (κ1) is 20.3. The van der Waals surface area contributed by atoms with E-state index in [4.69, 9.17) is 21.7 Å². The van der Waals surface area contributed by atoms with Crippen molar-refractivity contribution in [3.63, 3.8) is 0 Å². The van der Waals surface area contributed by atoms with Crippen LogP contribution < -0.4 is 15.4 Å². The molecule has 1 amide bonds. The molecule has 0 saturated heterocycles. The fourth-order valence-corrected chi connectivity index (χ4v) is 1.97.